The monoisotopic (exact) mass is 330 g/mol. The van der Waals surface area contributed by atoms with Crippen LogP contribution in [0.5, 0.6) is 0 Å². The maximum Gasteiger partial charge on any atom is 0.280 e. The second-order valence-corrected chi connectivity index (χ2v) is 7.34. The Morgan fingerprint density at radius 3 is 2.59 bits per heavy atom. The number of carbonyl (C=O) groups is 1. The summed E-state index contributed by atoms with van der Waals surface area (Å²) in [5, 5.41) is 7.61. The SMILES string of the molecule is Cc1ccc2c(c1)[C@H]1NC(=O)S[C@H]1[C@@H](c1ccc(Cl)cc1)N2. The zero-order valence-electron chi connectivity index (χ0n) is 12.0. The summed E-state index contributed by atoms with van der Waals surface area (Å²) in [6, 6.07) is 14.3. The average Bonchev–Trinajstić information content (AvgIpc) is 2.89. The van der Waals surface area contributed by atoms with Gasteiger partial charge in [0.2, 0.25) is 0 Å². The molecule has 5 heteroatoms. The largest absolute Gasteiger partial charge is 0.377 e. The molecule has 2 N–H and O–H groups in total. The summed E-state index contributed by atoms with van der Waals surface area (Å²) in [7, 11) is 0. The van der Waals surface area contributed by atoms with E-state index in [9.17, 15) is 4.79 Å². The number of nitrogens with one attached hydrogen (secondary N) is 2. The van der Waals surface area contributed by atoms with E-state index in [-0.39, 0.29) is 22.6 Å². The number of rotatable bonds is 1. The molecule has 1 amide bonds. The van der Waals surface area contributed by atoms with E-state index < -0.39 is 0 Å². The number of thioether (sulfide) groups is 1. The number of anilines is 1. The maximum absolute atomic E-state index is 11.9. The Balaban J connectivity index is 1.79. The molecule has 112 valence electrons. The maximum atomic E-state index is 11.9. The fraction of sp³-hybridized carbons (Fsp3) is 0.235. The van der Waals surface area contributed by atoms with Crippen LogP contribution in [0.15, 0.2) is 42.5 Å². The highest BCUT2D eigenvalue weighted by atomic mass is 35.5. The highest BCUT2D eigenvalue weighted by Gasteiger charge is 2.44. The zero-order chi connectivity index (χ0) is 15.3. The molecule has 2 heterocycles. The van der Waals surface area contributed by atoms with Crippen LogP contribution in [0.1, 0.15) is 28.8 Å². The van der Waals surface area contributed by atoms with Crippen molar-refractivity contribution < 1.29 is 4.79 Å². The number of benzene rings is 2. The molecule has 0 saturated carbocycles. The van der Waals surface area contributed by atoms with Gasteiger partial charge in [0.15, 0.2) is 0 Å². The fourth-order valence-electron chi connectivity index (χ4n) is 3.21. The first-order valence-corrected chi connectivity index (χ1v) is 8.47. The van der Waals surface area contributed by atoms with Crippen LogP contribution in [-0.2, 0) is 0 Å². The lowest BCUT2D eigenvalue weighted by Crippen LogP contribution is -2.35. The van der Waals surface area contributed by atoms with Crippen molar-refractivity contribution in [2.75, 3.05) is 5.32 Å². The lowest BCUT2D eigenvalue weighted by molar-refractivity contribution is 0.259. The zero-order valence-corrected chi connectivity index (χ0v) is 13.5. The lowest BCUT2D eigenvalue weighted by Gasteiger charge is -2.36. The molecule has 3 nitrogen and oxygen atoms in total. The van der Waals surface area contributed by atoms with Crippen LogP contribution in [0.3, 0.4) is 0 Å². The van der Waals surface area contributed by atoms with Crippen molar-refractivity contribution in [1.29, 1.82) is 0 Å². The van der Waals surface area contributed by atoms with Crippen molar-refractivity contribution in [3.05, 3.63) is 64.2 Å². The summed E-state index contributed by atoms with van der Waals surface area (Å²) < 4.78 is 0. The molecule has 4 rings (SSSR count). The van der Waals surface area contributed by atoms with Crippen LogP contribution in [0.2, 0.25) is 5.02 Å². The Morgan fingerprint density at radius 1 is 1.05 bits per heavy atom. The molecule has 1 fully saturated rings. The van der Waals surface area contributed by atoms with Gasteiger partial charge in [0, 0.05) is 10.7 Å². The molecule has 2 aliphatic rings. The second-order valence-electron chi connectivity index (χ2n) is 5.76. The second kappa shape index (κ2) is 5.21. The summed E-state index contributed by atoms with van der Waals surface area (Å²) in [5.74, 6) is 0. The minimum absolute atomic E-state index is 0.0464. The van der Waals surface area contributed by atoms with E-state index in [2.05, 4.69) is 35.8 Å². The van der Waals surface area contributed by atoms with Crippen molar-refractivity contribution >= 4 is 34.3 Å². The van der Waals surface area contributed by atoms with Gasteiger partial charge >= 0.3 is 0 Å². The molecular weight excluding hydrogens is 316 g/mol. The van der Waals surface area contributed by atoms with E-state index in [1.54, 1.807) is 0 Å². The standard InChI is InChI=1S/C17H15ClN2OS/c1-9-2-7-13-12(8-9)15-16(22-17(21)20-15)14(19-13)10-3-5-11(18)6-4-10/h2-8,14-16,19H,1H3,(H,20,21)/t14-,15-,16+/m1/s1. The normalized spacial score (nSPS) is 25.9. The Kier molecular flexibility index (Phi) is 3.31. The summed E-state index contributed by atoms with van der Waals surface area (Å²) in [6.07, 6.45) is 0. The Labute approximate surface area is 138 Å². The third-order valence-electron chi connectivity index (χ3n) is 4.26. The summed E-state index contributed by atoms with van der Waals surface area (Å²) >= 11 is 7.37. The van der Waals surface area contributed by atoms with Crippen LogP contribution < -0.4 is 10.6 Å². The van der Waals surface area contributed by atoms with Crippen molar-refractivity contribution in [2.45, 2.75) is 24.3 Å². The lowest BCUT2D eigenvalue weighted by atomic mass is 9.88. The number of hydrogen-bond acceptors (Lipinski definition) is 3. The van der Waals surface area contributed by atoms with Crippen LogP contribution in [0.25, 0.3) is 0 Å². The van der Waals surface area contributed by atoms with Gasteiger partial charge in [0.25, 0.3) is 5.24 Å². The van der Waals surface area contributed by atoms with Crippen LogP contribution in [0.4, 0.5) is 10.5 Å². The molecule has 0 aliphatic carbocycles. The minimum Gasteiger partial charge on any atom is -0.377 e. The third kappa shape index (κ3) is 2.27. The predicted molar refractivity (Wildman–Crippen MR) is 91.6 cm³/mol. The van der Waals surface area contributed by atoms with Gasteiger partial charge in [-0.3, -0.25) is 4.79 Å². The Bertz CT molecular complexity index is 747. The van der Waals surface area contributed by atoms with E-state index in [1.165, 1.54) is 22.9 Å². The molecule has 1 saturated heterocycles. The van der Waals surface area contributed by atoms with E-state index in [0.29, 0.717) is 0 Å². The third-order valence-corrected chi connectivity index (χ3v) is 5.66. The van der Waals surface area contributed by atoms with E-state index in [4.69, 9.17) is 11.6 Å². The quantitative estimate of drug-likeness (QED) is 0.797. The van der Waals surface area contributed by atoms with Crippen LogP contribution in [-0.4, -0.2) is 10.5 Å². The van der Waals surface area contributed by atoms with E-state index in [0.717, 1.165) is 16.3 Å². The van der Waals surface area contributed by atoms with Gasteiger partial charge in [-0.25, -0.2) is 0 Å². The molecule has 2 aromatic carbocycles. The van der Waals surface area contributed by atoms with Crippen LogP contribution >= 0.6 is 23.4 Å². The Morgan fingerprint density at radius 2 is 1.82 bits per heavy atom. The van der Waals surface area contributed by atoms with Gasteiger partial charge in [-0.2, -0.15) is 0 Å². The minimum atomic E-state index is 0.0464. The summed E-state index contributed by atoms with van der Waals surface area (Å²) in [5.41, 5.74) is 4.62. The summed E-state index contributed by atoms with van der Waals surface area (Å²) in [6.45, 7) is 2.07. The summed E-state index contributed by atoms with van der Waals surface area (Å²) in [4.78, 5) is 11.9. The van der Waals surface area contributed by atoms with E-state index in [1.807, 2.05) is 24.3 Å². The molecule has 0 unspecified atom stereocenters. The van der Waals surface area contributed by atoms with Gasteiger partial charge in [0.05, 0.1) is 17.3 Å². The highest BCUT2D eigenvalue weighted by molar-refractivity contribution is 8.14. The fourth-order valence-corrected chi connectivity index (χ4v) is 4.49. The van der Waals surface area contributed by atoms with Crippen molar-refractivity contribution in [1.82, 2.24) is 5.32 Å². The molecule has 0 radical (unpaired) electrons. The number of fused-ring (bicyclic) bond motifs is 3. The first-order valence-electron chi connectivity index (χ1n) is 7.21. The first-order chi connectivity index (χ1) is 10.6. The van der Waals surface area contributed by atoms with Gasteiger partial charge < -0.3 is 10.6 Å². The molecule has 0 bridgehead atoms. The van der Waals surface area contributed by atoms with Crippen molar-refractivity contribution in [2.24, 2.45) is 0 Å². The van der Waals surface area contributed by atoms with Gasteiger partial charge in [-0.05, 0) is 36.2 Å². The molecule has 22 heavy (non-hydrogen) atoms. The average molecular weight is 331 g/mol. The van der Waals surface area contributed by atoms with E-state index >= 15 is 0 Å². The van der Waals surface area contributed by atoms with Gasteiger partial charge in [-0.15, -0.1) is 0 Å². The predicted octanol–water partition coefficient (Wildman–Crippen LogP) is 4.68. The van der Waals surface area contributed by atoms with Crippen LogP contribution in [0, 0.1) is 6.92 Å². The molecule has 3 atom stereocenters. The molecule has 0 aromatic heterocycles. The van der Waals surface area contributed by atoms with Crippen molar-refractivity contribution in [3.63, 3.8) is 0 Å². The number of aryl methyl sites for hydroxylation is 1. The Hall–Kier alpha value is -1.65. The first kappa shape index (κ1) is 14.0. The molecule has 2 aromatic rings. The van der Waals surface area contributed by atoms with Gasteiger partial charge in [0.1, 0.15) is 0 Å². The highest BCUT2D eigenvalue weighted by Crippen LogP contribution is 2.48. The topological polar surface area (TPSA) is 41.1 Å². The number of amides is 1. The molecule has 0 spiro atoms. The van der Waals surface area contributed by atoms with Gasteiger partial charge in [-0.1, -0.05) is 53.2 Å². The number of hydrogen-bond donors (Lipinski definition) is 2. The van der Waals surface area contributed by atoms with Crippen molar-refractivity contribution in [3.8, 4) is 0 Å². The number of halogens is 1. The number of carbonyl (C=O) groups excluding carboxylic acids is 1. The molecular formula is C17H15ClN2OS. The smallest absolute Gasteiger partial charge is 0.280 e. The molecule has 2 aliphatic heterocycles.